The Balaban J connectivity index is 2.01. The van der Waals surface area contributed by atoms with E-state index in [4.69, 9.17) is 0 Å². The number of nitrogens with zero attached hydrogens (tertiary/aromatic N) is 1. The molecule has 1 atom stereocenters. The fraction of sp³-hybridized carbons (Fsp3) is 0.562. The molecule has 3 heteroatoms. The third-order valence-corrected chi connectivity index (χ3v) is 4.71. The Hall–Kier alpha value is -0.670. The van der Waals surface area contributed by atoms with E-state index in [2.05, 4.69) is 27.8 Å². The first-order chi connectivity index (χ1) is 9.11. The normalized spacial score (nSPS) is 17.3. The number of ketones is 1. The summed E-state index contributed by atoms with van der Waals surface area (Å²) in [6.07, 6.45) is 4.02. The number of likely N-dealkylation sites (N-methyl/N-ethyl adjacent to an activating group) is 1. The highest BCUT2D eigenvalue weighted by atomic mass is 79.9. The molecule has 0 heterocycles. The Bertz CT molecular complexity index is 425. The molecule has 0 spiro atoms. The molecule has 1 aliphatic carbocycles. The first-order valence-electron chi connectivity index (χ1n) is 7.15. The van der Waals surface area contributed by atoms with Gasteiger partial charge in [-0.3, -0.25) is 9.69 Å². The van der Waals surface area contributed by atoms with Gasteiger partial charge >= 0.3 is 0 Å². The molecule has 0 radical (unpaired) electrons. The van der Waals surface area contributed by atoms with Gasteiger partial charge in [0.25, 0.3) is 0 Å². The maximum absolute atomic E-state index is 12.5. The van der Waals surface area contributed by atoms with Crippen molar-refractivity contribution in [2.45, 2.75) is 39.2 Å². The van der Waals surface area contributed by atoms with Gasteiger partial charge in [0.2, 0.25) is 0 Å². The third kappa shape index (κ3) is 3.67. The highest BCUT2D eigenvalue weighted by Gasteiger charge is 2.26. The summed E-state index contributed by atoms with van der Waals surface area (Å²) in [7, 11) is 0. The van der Waals surface area contributed by atoms with E-state index in [9.17, 15) is 4.79 Å². The second-order valence-electron chi connectivity index (χ2n) is 5.43. The SMILES string of the molecule is CCN(CC1CCC1)C(C)C(=O)c1ccc(Br)cc1. The minimum atomic E-state index is -0.0215. The van der Waals surface area contributed by atoms with Crippen molar-refractivity contribution in [3.8, 4) is 0 Å². The first-order valence-corrected chi connectivity index (χ1v) is 7.95. The molecule has 0 N–H and O–H groups in total. The summed E-state index contributed by atoms with van der Waals surface area (Å²) in [6, 6.07) is 7.65. The van der Waals surface area contributed by atoms with Crippen molar-refractivity contribution in [1.82, 2.24) is 4.90 Å². The lowest BCUT2D eigenvalue weighted by atomic mass is 9.84. The quantitative estimate of drug-likeness (QED) is 0.733. The number of hydrogen-bond donors (Lipinski definition) is 0. The minimum absolute atomic E-state index is 0.0215. The topological polar surface area (TPSA) is 20.3 Å². The maximum atomic E-state index is 12.5. The summed E-state index contributed by atoms with van der Waals surface area (Å²) < 4.78 is 1.01. The highest BCUT2D eigenvalue weighted by molar-refractivity contribution is 9.10. The van der Waals surface area contributed by atoms with Gasteiger partial charge in [-0.25, -0.2) is 0 Å². The van der Waals surface area contributed by atoms with Crippen LogP contribution in [0.5, 0.6) is 0 Å². The molecule has 0 aromatic heterocycles. The van der Waals surface area contributed by atoms with Crippen LogP contribution in [-0.4, -0.2) is 29.8 Å². The molecular weight excluding hydrogens is 302 g/mol. The first kappa shape index (κ1) is 14.7. The van der Waals surface area contributed by atoms with E-state index in [-0.39, 0.29) is 11.8 Å². The molecule has 0 bridgehead atoms. The number of halogens is 1. The van der Waals surface area contributed by atoms with E-state index in [1.807, 2.05) is 31.2 Å². The van der Waals surface area contributed by atoms with Gasteiger partial charge in [-0.05, 0) is 44.4 Å². The van der Waals surface area contributed by atoms with Crippen molar-refractivity contribution in [1.29, 1.82) is 0 Å². The minimum Gasteiger partial charge on any atom is -0.294 e. The second-order valence-corrected chi connectivity index (χ2v) is 6.35. The number of benzene rings is 1. The van der Waals surface area contributed by atoms with Gasteiger partial charge in [-0.1, -0.05) is 41.4 Å². The molecule has 19 heavy (non-hydrogen) atoms. The number of rotatable bonds is 6. The lowest BCUT2D eigenvalue weighted by molar-refractivity contribution is 0.0789. The van der Waals surface area contributed by atoms with Crippen LogP contribution in [0.4, 0.5) is 0 Å². The molecule has 0 saturated heterocycles. The van der Waals surface area contributed by atoms with Crippen molar-refractivity contribution in [3.05, 3.63) is 34.3 Å². The fourth-order valence-electron chi connectivity index (χ4n) is 2.59. The standard InChI is InChI=1S/C16H22BrNO/c1-3-18(11-13-5-4-6-13)12(2)16(19)14-7-9-15(17)10-8-14/h7-10,12-13H,3-6,11H2,1-2H3. The maximum Gasteiger partial charge on any atom is 0.179 e. The zero-order chi connectivity index (χ0) is 13.8. The van der Waals surface area contributed by atoms with E-state index < -0.39 is 0 Å². The zero-order valence-corrected chi connectivity index (χ0v) is 13.3. The summed E-state index contributed by atoms with van der Waals surface area (Å²) in [6.45, 7) is 6.19. The van der Waals surface area contributed by atoms with Crippen molar-refractivity contribution in [2.24, 2.45) is 5.92 Å². The van der Waals surface area contributed by atoms with Crippen LogP contribution in [0.2, 0.25) is 0 Å². The smallest absolute Gasteiger partial charge is 0.179 e. The van der Waals surface area contributed by atoms with Crippen LogP contribution in [0.15, 0.2) is 28.7 Å². The van der Waals surface area contributed by atoms with Gasteiger partial charge in [0.05, 0.1) is 6.04 Å². The predicted octanol–water partition coefficient (Wildman–Crippen LogP) is 4.14. The Kier molecular flexibility index (Phi) is 5.17. The van der Waals surface area contributed by atoms with Crippen molar-refractivity contribution in [2.75, 3.05) is 13.1 Å². The molecule has 1 aliphatic rings. The fourth-order valence-corrected chi connectivity index (χ4v) is 2.85. The summed E-state index contributed by atoms with van der Waals surface area (Å²) >= 11 is 3.40. The number of hydrogen-bond acceptors (Lipinski definition) is 2. The summed E-state index contributed by atoms with van der Waals surface area (Å²) in [5.74, 6) is 1.04. The molecule has 1 saturated carbocycles. The summed E-state index contributed by atoms with van der Waals surface area (Å²) in [5.41, 5.74) is 0.808. The summed E-state index contributed by atoms with van der Waals surface area (Å²) in [4.78, 5) is 14.8. The Labute approximate surface area is 124 Å². The molecule has 2 nitrogen and oxygen atoms in total. The van der Waals surface area contributed by atoms with Crippen LogP contribution in [0.25, 0.3) is 0 Å². The Morgan fingerprint density at radius 2 is 2.00 bits per heavy atom. The Morgan fingerprint density at radius 3 is 2.47 bits per heavy atom. The van der Waals surface area contributed by atoms with Crippen LogP contribution in [-0.2, 0) is 0 Å². The molecule has 1 aromatic carbocycles. The van der Waals surface area contributed by atoms with Crippen LogP contribution in [0.1, 0.15) is 43.5 Å². The van der Waals surface area contributed by atoms with E-state index >= 15 is 0 Å². The molecule has 1 fully saturated rings. The molecule has 0 amide bonds. The number of Topliss-reactive ketones (excluding diaryl/α,β-unsaturated/α-hetero) is 1. The summed E-state index contributed by atoms with van der Waals surface area (Å²) in [5, 5.41) is 0. The largest absolute Gasteiger partial charge is 0.294 e. The van der Waals surface area contributed by atoms with Gasteiger partial charge in [0, 0.05) is 16.6 Å². The number of carbonyl (C=O) groups excluding carboxylic acids is 1. The van der Waals surface area contributed by atoms with Crippen LogP contribution >= 0.6 is 15.9 Å². The lowest BCUT2D eigenvalue weighted by Gasteiger charge is -2.34. The Morgan fingerprint density at radius 1 is 1.37 bits per heavy atom. The van der Waals surface area contributed by atoms with Crippen molar-refractivity contribution >= 4 is 21.7 Å². The average Bonchev–Trinajstić information content (AvgIpc) is 2.37. The highest BCUT2D eigenvalue weighted by Crippen LogP contribution is 2.28. The van der Waals surface area contributed by atoms with E-state index in [0.717, 1.165) is 29.0 Å². The van der Waals surface area contributed by atoms with Gasteiger partial charge < -0.3 is 0 Å². The van der Waals surface area contributed by atoms with Crippen molar-refractivity contribution < 1.29 is 4.79 Å². The van der Waals surface area contributed by atoms with E-state index in [1.54, 1.807) is 0 Å². The second kappa shape index (κ2) is 6.67. The predicted molar refractivity (Wildman–Crippen MR) is 82.5 cm³/mol. The van der Waals surface area contributed by atoms with Crippen LogP contribution in [0, 0.1) is 5.92 Å². The third-order valence-electron chi connectivity index (χ3n) is 4.18. The van der Waals surface area contributed by atoms with Crippen molar-refractivity contribution in [3.63, 3.8) is 0 Å². The van der Waals surface area contributed by atoms with Crippen LogP contribution in [0.3, 0.4) is 0 Å². The van der Waals surface area contributed by atoms with Crippen LogP contribution < -0.4 is 0 Å². The molecule has 1 unspecified atom stereocenters. The number of carbonyl (C=O) groups is 1. The van der Waals surface area contributed by atoms with Gasteiger partial charge in [0.15, 0.2) is 5.78 Å². The zero-order valence-electron chi connectivity index (χ0n) is 11.7. The van der Waals surface area contributed by atoms with E-state index in [1.165, 1.54) is 19.3 Å². The monoisotopic (exact) mass is 323 g/mol. The van der Waals surface area contributed by atoms with Gasteiger partial charge in [0.1, 0.15) is 0 Å². The molecule has 2 rings (SSSR count). The van der Waals surface area contributed by atoms with Gasteiger partial charge in [-0.15, -0.1) is 0 Å². The average molecular weight is 324 g/mol. The van der Waals surface area contributed by atoms with E-state index in [0.29, 0.717) is 0 Å². The lowest BCUT2D eigenvalue weighted by Crippen LogP contribution is -2.43. The molecule has 104 valence electrons. The molecular formula is C16H22BrNO. The molecule has 0 aliphatic heterocycles. The molecule has 1 aromatic rings. The van der Waals surface area contributed by atoms with Gasteiger partial charge in [-0.2, -0.15) is 0 Å².